The van der Waals surface area contributed by atoms with Crippen molar-refractivity contribution in [2.45, 2.75) is 33.2 Å². The smallest absolute Gasteiger partial charge is 0.123 e. The Morgan fingerprint density at radius 3 is 2.82 bits per heavy atom. The highest BCUT2D eigenvalue weighted by Crippen LogP contribution is 2.25. The van der Waals surface area contributed by atoms with Crippen LogP contribution in [0.5, 0.6) is 5.75 Å². The zero-order valence-corrected chi connectivity index (χ0v) is 11.1. The molecule has 2 heteroatoms. The molecule has 0 bridgehead atoms. The molecule has 0 radical (unpaired) electrons. The summed E-state index contributed by atoms with van der Waals surface area (Å²) < 4.78 is 5.38. The van der Waals surface area contributed by atoms with Crippen molar-refractivity contribution in [3.63, 3.8) is 0 Å². The fourth-order valence-corrected chi connectivity index (χ4v) is 1.78. The van der Waals surface area contributed by atoms with Gasteiger partial charge in [-0.05, 0) is 26.8 Å². The minimum atomic E-state index is 0.281. The zero-order valence-electron chi connectivity index (χ0n) is 11.1. The fraction of sp³-hybridized carbons (Fsp3) is 0.467. The molecule has 1 aromatic carbocycles. The van der Waals surface area contributed by atoms with E-state index in [-0.39, 0.29) is 6.04 Å². The number of aryl methyl sites for hydroxylation is 1. The molecule has 17 heavy (non-hydrogen) atoms. The van der Waals surface area contributed by atoms with E-state index >= 15 is 0 Å². The Bertz CT molecular complexity index is 415. The molecular weight excluding hydrogens is 210 g/mol. The predicted octanol–water partition coefficient (Wildman–Crippen LogP) is 3.07. The Kier molecular flexibility index (Phi) is 5.59. The normalized spacial score (nSPS) is 11.5. The molecule has 0 aromatic heterocycles. The summed E-state index contributed by atoms with van der Waals surface area (Å²) >= 11 is 0. The molecule has 0 fully saturated rings. The van der Waals surface area contributed by atoms with Crippen LogP contribution in [-0.4, -0.2) is 13.7 Å². The maximum Gasteiger partial charge on any atom is 0.123 e. The standard InChI is InChI=1S/C15H21NO/c1-5-6-7-10-16-13(3)14-11-12(2)8-9-15(14)17-4/h8-9,11,13,16H,7,10H2,1-4H3. The molecule has 0 aliphatic carbocycles. The van der Waals surface area contributed by atoms with Gasteiger partial charge in [-0.1, -0.05) is 17.7 Å². The van der Waals surface area contributed by atoms with Crippen LogP contribution in [0.2, 0.25) is 0 Å². The number of hydrogen-bond donors (Lipinski definition) is 1. The van der Waals surface area contributed by atoms with Gasteiger partial charge in [-0.15, -0.1) is 11.8 Å². The number of methoxy groups -OCH3 is 1. The van der Waals surface area contributed by atoms with Crippen molar-refractivity contribution in [2.24, 2.45) is 0 Å². The van der Waals surface area contributed by atoms with E-state index in [4.69, 9.17) is 4.74 Å². The van der Waals surface area contributed by atoms with Gasteiger partial charge in [-0.25, -0.2) is 0 Å². The van der Waals surface area contributed by atoms with Crippen molar-refractivity contribution in [3.05, 3.63) is 29.3 Å². The molecule has 0 saturated carbocycles. The van der Waals surface area contributed by atoms with Gasteiger partial charge in [0.1, 0.15) is 5.75 Å². The molecule has 2 nitrogen and oxygen atoms in total. The van der Waals surface area contributed by atoms with Gasteiger partial charge in [-0.2, -0.15) is 0 Å². The van der Waals surface area contributed by atoms with Crippen molar-refractivity contribution in [1.82, 2.24) is 5.32 Å². The first-order valence-corrected chi connectivity index (χ1v) is 5.96. The molecule has 1 unspecified atom stereocenters. The molecule has 1 aromatic rings. The van der Waals surface area contributed by atoms with Crippen LogP contribution in [-0.2, 0) is 0 Å². The van der Waals surface area contributed by atoms with Crippen molar-refractivity contribution in [3.8, 4) is 17.6 Å². The molecule has 0 saturated heterocycles. The summed E-state index contributed by atoms with van der Waals surface area (Å²) in [5, 5.41) is 3.45. The lowest BCUT2D eigenvalue weighted by atomic mass is 10.0. The lowest BCUT2D eigenvalue weighted by molar-refractivity contribution is 0.402. The first-order valence-electron chi connectivity index (χ1n) is 5.96. The third-order valence-electron chi connectivity index (χ3n) is 2.73. The van der Waals surface area contributed by atoms with Crippen molar-refractivity contribution >= 4 is 0 Å². The predicted molar refractivity (Wildman–Crippen MR) is 72.2 cm³/mol. The lowest BCUT2D eigenvalue weighted by Crippen LogP contribution is -2.20. The zero-order chi connectivity index (χ0) is 12.7. The number of rotatable bonds is 5. The van der Waals surface area contributed by atoms with Gasteiger partial charge in [0.15, 0.2) is 0 Å². The maximum atomic E-state index is 5.38. The number of ether oxygens (including phenoxy) is 1. The van der Waals surface area contributed by atoms with Crippen LogP contribution in [0.15, 0.2) is 18.2 Å². The molecule has 0 amide bonds. The molecule has 1 rings (SSSR count). The second-order valence-corrected chi connectivity index (χ2v) is 4.10. The molecule has 0 aliphatic heterocycles. The van der Waals surface area contributed by atoms with Gasteiger partial charge < -0.3 is 10.1 Å². The van der Waals surface area contributed by atoms with E-state index in [1.165, 1.54) is 11.1 Å². The first-order chi connectivity index (χ1) is 8.19. The minimum Gasteiger partial charge on any atom is -0.496 e. The van der Waals surface area contributed by atoms with Crippen LogP contribution in [0, 0.1) is 18.8 Å². The number of nitrogens with one attached hydrogen (secondary N) is 1. The molecular formula is C15H21NO. The highest BCUT2D eigenvalue weighted by atomic mass is 16.5. The summed E-state index contributed by atoms with van der Waals surface area (Å²) in [4.78, 5) is 0. The van der Waals surface area contributed by atoms with Crippen molar-refractivity contribution < 1.29 is 4.74 Å². The van der Waals surface area contributed by atoms with Crippen molar-refractivity contribution in [1.29, 1.82) is 0 Å². The van der Waals surface area contributed by atoms with E-state index in [2.05, 4.69) is 43.1 Å². The third kappa shape index (κ3) is 4.13. The van der Waals surface area contributed by atoms with Gasteiger partial charge in [-0.3, -0.25) is 0 Å². The monoisotopic (exact) mass is 231 g/mol. The van der Waals surface area contributed by atoms with E-state index in [0.29, 0.717) is 0 Å². The van der Waals surface area contributed by atoms with Gasteiger partial charge >= 0.3 is 0 Å². The van der Waals surface area contributed by atoms with Crippen LogP contribution in [0.25, 0.3) is 0 Å². The largest absolute Gasteiger partial charge is 0.496 e. The Morgan fingerprint density at radius 2 is 2.18 bits per heavy atom. The van der Waals surface area contributed by atoms with Crippen molar-refractivity contribution in [2.75, 3.05) is 13.7 Å². The van der Waals surface area contributed by atoms with E-state index in [9.17, 15) is 0 Å². The minimum absolute atomic E-state index is 0.281. The van der Waals surface area contributed by atoms with Gasteiger partial charge in [0, 0.05) is 24.6 Å². The van der Waals surface area contributed by atoms with Crippen LogP contribution in [0.4, 0.5) is 0 Å². The van der Waals surface area contributed by atoms with Gasteiger partial charge in [0.2, 0.25) is 0 Å². The summed E-state index contributed by atoms with van der Waals surface area (Å²) in [6, 6.07) is 6.54. The molecule has 0 spiro atoms. The van der Waals surface area contributed by atoms with E-state index < -0.39 is 0 Å². The number of hydrogen-bond acceptors (Lipinski definition) is 2. The average Bonchev–Trinajstić information content (AvgIpc) is 2.34. The Morgan fingerprint density at radius 1 is 1.41 bits per heavy atom. The van der Waals surface area contributed by atoms with Crippen LogP contribution < -0.4 is 10.1 Å². The van der Waals surface area contributed by atoms with Crippen LogP contribution in [0.3, 0.4) is 0 Å². The molecule has 92 valence electrons. The highest BCUT2D eigenvalue weighted by Gasteiger charge is 2.10. The summed E-state index contributed by atoms with van der Waals surface area (Å²) in [5.74, 6) is 6.89. The summed E-state index contributed by atoms with van der Waals surface area (Å²) in [5.41, 5.74) is 2.46. The lowest BCUT2D eigenvalue weighted by Gasteiger charge is -2.17. The number of benzene rings is 1. The fourth-order valence-electron chi connectivity index (χ4n) is 1.78. The summed E-state index contributed by atoms with van der Waals surface area (Å²) in [6.45, 7) is 7.01. The topological polar surface area (TPSA) is 21.3 Å². The Balaban J connectivity index is 2.68. The highest BCUT2D eigenvalue weighted by molar-refractivity contribution is 5.38. The molecule has 1 atom stereocenters. The average molecular weight is 231 g/mol. The third-order valence-corrected chi connectivity index (χ3v) is 2.73. The summed E-state index contributed by atoms with van der Waals surface area (Å²) in [6.07, 6.45) is 0.884. The summed E-state index contributed by atoms with van der Waals surface area (Å²) in [7, 11) is 1.71. The van der Waals surface area contributed by atoms with Crippen LogP contribution in [0.1, 0.15) is 37.4 Å². The second kappa shape index (κ2) is 6.98. The van der Waals surface area contributed by atoms with Crippen LogP contribution >= 0.6 is 0 Å². The second-order valence-electron chi connectivity index (χ2n) is 4.10. The SMILES string of the molecule is CC#CCCNC(C)c1cc(C)ccc1OC. The first kappa shape index (κ1) is 13.6. The van der Waals surface area contributed by atoms with E-state index in [0.717, 1.165) is 18.7 Å². The van der Waals surface area contributed by atoms with Gasteiger partial charge in [0.25, 0.3) is 0 Å². The molecule has 0 aliphatic rings. The Labute approximate surface area is 104 Å². The van der Waals surface area contributed by atoms with E-state index in [1.54, 1.807) is 7.11 Å². The molecule has 0 heterocycles. The molecule has 1 N–H and O–H groups in total. The quantitative estimate of drug-likeness (QED) is 0.621. The Hall–Kier alpha value is -1.46. The van der Waals surface area contributed by atoms with Gasteiger partial charge in [0.05, 0.1) is 7.11 Å². The van der Waals surface area contributed by atoms with E-state index in [1.807, 2.05) is 13.0 Å². The maximum absolute atomic E-state index is 5.38.